The molecule has 1 aromatic carbocycles. The van der Waals surface area contributed by atoms with E-state index >= 15 is 0 Å². The number of nitrogens with one attached hydrogen (secondary N) is 1. The number of aromatic nitrogens is 2. The molecule has 0 saturated carbocycles. The van der Waals surface area contributed by atoms with Crippen LogP contribution in [0.3, 0.4) is 0 Å². The Morgan fingerprint density at radius 3 is 2.71 bits per heavy atom. The zero-order valence-electron chi connectivity index (χ0n) is 11.7. The van der Waals surface area contributed by atoms with Gasteiger partial charge >= 0.3 is 6.09 Å². The highest BCUT2D eigenvalue weighted by atomic mass is 32.1. The number of ether oxygens (including phenoxy) is 1. The Balaban J connectivity index is 2.44. The maximum absolute atomic E-state index is 13.4. The summed E-state index contributed by atoms with van der Waals surface area (Å²) in [6, 6.07) is 5.63. The second kappa shape index (κ2) is 5.90. The highest BCUT2D eigenvalue weighted by molar-refractivity contribution is 7.73. The monoisotopic (exact) mass is 327 g/mol. The minimum absolute atomic E-state index is 0.292. The molecule has 1 amide bonds. The normalized spacial score (nSPS) is 11.2. The number of aromatic amines is 1. The van der Waals surface area contributed by atoms with E-state index in [0.29, 0.717) is 14.8 Å². The van der Waals surface area contributed by atoms with Gasteiger partial charge in [-0.3, -0.25) is 5.10 Å². The minimum Gasteiger partial charge on any atom is -0.443 e. The van der Waals surface area contributed by atoms with Gasteiger partial charge in [-0.1, -0.05) is 17.4 Å². The number of anilines is 2. The lowest BCUT2D eigenvalue weighted by Crippen LogP contribution is -2.33. The molecule has 0 aliphatic carbocycles. The van der Waals surface area contributed by atoms with Crippen molar-refractivity contribution in [2.24, 2.45) is 0 Å². The van der Waals surface area contributed by atoms with Crippen LogP contribution in [-0.2, 0) is 4.74 Å². The Morgan fingerprint density at radius 2 is 2.19 bits per heavy atom. The first-order valence-electron chi connectivity index (χ1n) is 6.10. The van der Waals surface area contributed by atoms with E-state index in [1.54, 1.807) is 26.8 Å². The average molecular weight is 327 g/mol. The van der Waals surface area contributed by atoms with Crippen molar-refractivity contribution >= 4 is 40.5 Å². The van der Waals surface area contributed by atoms with Crippen LogP contribution in [0.1, 0.15) is 20.8 Å². The number of benzene rings is 1. The van der Waals surface area contributed by atoms with Crippen LogP contribution >= 0.6 is 23.6 Å². The number of hydrogen-bond acceptors (Lipinski definition) is 5. The van der Waals surface area contributed by atoms with E-state index in [-0.39, 0.29) is 0 Å². The number of carbonyl (C=O) groups is 1. The summed E-state index contributed by atoms with van der Waals surface area (Å²) in [6.07, 6.45) is -0.647. The molecular weight excluding hydrogens is 313 g/mol. The second-order valence-electron chi connectivity index (χ2n) is 5.19. The van der Waals surface area contributed by atoms with Gasteiger partial charge in [0.05, 0.1) is 5.69 Å². The molecule has 0 fully saturated rings. The molecule has 2 aromatic rings. The number of carbonyl (C=O) groups excluding carboxylic acids is 1. The topological polar surface area (TPSA) is 58.2 Å². The van der Waals surface area contributed by atoms with Gasteiger partial charge in [-0.25, -0.2) is 14.1 Å². The van der Waals surface area contributed by atoms with Gasteiger partial charge in [0.25, 0.3) is 0 Å². The SMILES string of the molecule is CC(C)(C)OC(=O)N(c1cccc(F)c1)c1n[nH]c(=S)s1. The van der Waals surface area contributed by atoms with Crippen LogP contribution < -0.4 is 4.90 Å². The number of halogens is 1. The van der Waals surface area contributed by atoms with E-state index in [4.69, 9.17) is 17.0 Å². The van der Waals surface area contributed by atoms with Gasteiger partial charge in [0, 0.05) is 0 Å². The third kappa shape index (κ3) is 4.08. The fourth-order valence-electron chi connectivity index (χ4n) is 1.53. The van der Waals surface area contributed by atoms with Gasteiger partial charge in [0.1, 0.15) is 11.4 Å². The summed E-state index contributed by atoms with van der Waals surface area (Å²) in [4.78, 5) is 13.6. The highest BCUT2D eigenvalue weighted by Gasteiger charge is 2.27. The van der Waals surface area contributed by atoms with E-state index < -0.39 is 17.5 Å². The van der Waals surface area contributed by atoms with Crippen molar-refractivity contribution in [3.63, 3.8) is 0 Å². The Morgan fingerprint density at radius 1 is 1.48 bits per heavy atom. The summed E-state index contributed by atoms with van der Waals surface area (Å²) in [7, 11) is 0. The quantitative estimate of drug-likeness (QED) is 0.830. The van der Waals surface area contributed by atoms with Gasteiger partial charge in [0.2, 0.25) is 5.13 Å². The van der Waals surface area contributed by atoms with Crippen LogP contribution in [0.25, 0.3) is 0 Å². The molecule has 5 nitrogen and oxygen atoms in total. The molecule has 0 aliphatic heterocycles. The van der Waals surface area contributed by atoms with Crippen LogP contribution in [0.5, 0.6) is 0 Å². The van der Waals surface area contributed by atoms with Crippen LogP contribution in [0.2, 0.25) is 0 Å². The zero-order valence-corrected chi connectivity index (χ0v) is 13.3. The Hall–Kier alpha value is -1.80. The van der Waals surface area contributed by atoms with E-state index in [9.17, 15) is 9.18 Å². The van der Waals surface area contributed by atoms with Crippen molar-refractivity contribution in [3.05, 3.63) is 34.0 Å². The molecular formula is C13H14FN3O2S2. The van der Waals surface area contributed by atoms with Crippen LogP contribution in [0.15, 0.2) is 24.3 Å². The first-order valence-corrected chi connectivity index (χ1v) is 7.33. The van der Waals surface area contributed by atoms with E-state index in [0.717, 1.165) is 11.3 Å². The third-order valence-corrected chi connectivity index (χ3v) is 3.33. The fourth-order valence-corrected chi connectivity index (χ4v) is 2.42. The molecule has 0 bridgehead atoms. The van der Waals surface area contributed by atoms with Crippen molar-refractivity contribution in [3.8, 4) is 0 Å². The van der Waals surface area contributed by atoms with Crippen LogP contribution in [-0.4, -0.2) is 21.9 Å². The molecule has 0 unspecified atom stereocenters. The summed E-state index contributed by atoms with van der Waals surface area (Å²) in [5.74, 6) is -0.458. The summed E-state index contributed by atoms with van der Waals surface area (Å²) in [5.41, 5.74) is -0.359. The Bertz CT molecular complexity index is 706. The standard InChI is InChI=1S/C13H14FN3O2S2/c1-13(2,3)19-12(18)17(10-15-16-11(20)21-10)9-6-4-5-8(14)7-9/h4-7H,1-3H3,(H,16,20). The molecule has 21 heavy (non-hydrogen) atoms. The van der Waals surface area contributed by atoms with E-state index in [1.165, 1.54) is 23.1 Å². The second-order valence-corrected chi connectivity index (χ2v) is 6.84. The number of nitrogens with zero attached hydrogens (tertiary/aromatic N) is 2. The van der Waals surface area contributed by atoms with Gasteiger partial charge < -0.3 is 4.74 Å². The number of rotatable bonds is 2. The molecule has 0 atom stereocenters. The summed E-state index contributed by atoms with van der Waals surface area (Å²) < 4.78 is 19.2. The molecule has 1 aromatic heterocycles. The zero-order chi connectivity index (χ0) is 15.6. The smallest absolute Gasteiger partial charge is 0.421 e. The average Bonchev–Trinajstić information content (AvgIpc) is 2.73. The summed E-state index contributed by atoms with van der Waals surface area (Å²) in [5, 5.41) is 6.85. The number of amides is 1. The fraction of sp³-hybridized carbons (Fsp3) is 0.308. The lowest BCUT2D eigenvalue weighted by atomic mass is 10.2. The molecule has 2 rings (SSSR count). The molecule has 0 saturated heterocycles. The molecule has 0 spiro atoms. The van der Waals surface area contributed by atoms with Gasteiger partial charge in [-0.05, 0) is 51.2 Å². The first-order chi connectivity index (χ1) is 9.76. The first kappa shape index (κ1) is 15.6. The summed E-state index contributed by atoms with van der Waals surface area (Å²) >= 11 is 6.07. The largest absolute Gasteiger partial charge is 0.443 e. The van der Waals surface area contributed by atoms with Crippen LogP contribution in [0.4, 0.5) is 20.0 Å². The van der Waals surface area contributed by atoms with Crippen molar-refractivity contribution < 1.29 is 13.9 Å². The minimum atomic E-state index is -0.680. The maximum Gasteiger partial charge on any atom is 0.421 e. The third-order valence-electron chi connectivity index (χ3n) is 2.26. The van der Waals surface area contributed by atoms with E-state index in [2.05, 4.69) is 10.2 Å². The van der Waals surface area contributed by atoms with Crippen molar-refractivity contribution in [2.45, 2.75) is 26.4 Å². The number of hydrogen-bond donors (Lipinski definition) is 1. The Kier molecular flexibility index (Phi) is 4.38. The van der Waals surface area contributed by atoms with Gasteiger partial charge in [0.15, 0.2) is 3.95 Å². The number of H-pyrrole nitrogens is 1. The van der Waals surface area contributed by atoms with Crippen LogP contribution in [0, 0.1) is 9.77 Å². The molecule has 112 valence electrons. The molecule has 1 N–H and O–H groups in total. The van der Waals surface area contributed by atoms with Gasteiger partial charge in [-0.15, -0.1) is 5.10 Å². The summed E-state index contributed by atoms with van der Waals surface area (Å²) in [6.45, 7) is 5.25. The Labute approximate surface area is 130 Å². The molecule has 8 heteroatoms. The predicted molar refractivity (Wildman–Crippen MR) is 82.1 cm³/mol. The maximum atomic E-state index is 13.4. The lowest BCUT2D eigenvalue weighted by Gasteiger charge is -2.25. The molecule has 0 aliphatic rings. The van der Waals surface area contributed by atoms with Crippen molar-refractivity contribution in [2.75, 3.05) is 4.90 Å². The lowest BCUT2D eigenvalue weighted by molar-refractivity contribution is 0.0599. The molecule has 0 radical (unpaired) electrons. The highest BCUT2D eigenvalue weighted by Crippen LogP contribution is 2.29. The van der Waals surface area contributed by atoms with Crippen molar-refractivity contribution in [1.82, 2.24) is 10.2 Å². The molecule has 1 heterocycles. The van der Waals surface area contributed by atoms with E-state index in [1.807, 2.05) is 0 Å². The van der Waals surface area contributed by atoms with Gasteiger partial charge in [-0.2, -0.15) is 0 Å². The predicted octanol–water partition coefficient (Wildman–Crippen LogP) is 4.41. The van der Waals surface area contributed by atoms with Crippen molar-refractivity contribution in [1.29, 1.82) is 0 Å².